The zero-order chi connectivity index (χ0) is 12.4. The quantitative estimate of drug-likeness (QED) is 0.807. The summed E-state index contributed by atoms with van der Waals surface area (Å²) >= 11 is 0. The molecule has 0 spiro atoms. The molecule has 0 atom stereocenters. The van der Waals surface area contributed by atoms with E-state index in [4.69, 9.17) is 0 Å². The summed E-state index contributed by atoms with van der Waals surface area (Å²) < 4.78 is 0. The Kier molecular flexibility index (Phi) is 3.35. The van der Waals surface area contributed by atoms with Crippen LogP contribution in [-0.4, -0.2) is 23.0 Å². The third kappa shape index (κ3) is 2.43. The van der Waals surface area contributed by atoms with E-state index in [-0.39, 0.29) is 0 Å². The first-order valence-corrected chi connectivity index (χ1v) is 7.15. The number of hydrogen-bond donors (Lipinski definition) is 0. The third-order valence-corrected chi connectivity index (χ3v) is 4.48. The molecule has 1 aromatic heterocycles. The molecule has 0 aliphatic carbocycles. The van der Waals surface area contributed by atoms with Crippen molar-refractivity contribution in [3.63, 3.8) is 0 Å². The van der Waals surface area contributed by atoms with Crippen molar-refractivity contribution in [2.45, 2.75) is 39.0 Å². The normalized spacial score (nSPS) is 22.4. The predicted octanol–water partition coefficient (Wildman–Crippen LogP) is 3.40. The largest absolute Gasteiger partial charge is 0.375 e. The molecule has 0 unspecified atom stereocenters. The van der Waals surface area contributed by atoms with Crippen molar-refractivity contribution < 1.29 is 0 Å². The van der Waals surface area contributed by atoms with Crippen molar-refractivity contribution in [2.75, 3.05) is 13.1 Å². The fourth-order valence-electron chi connectivity index (χ4n) is 3.28. The lowest BCUT2D eigenvalue weighted by atomic mass is 9.84. The molecular formula is C16H22N2. The van der Waals surface area contributed by atoms with Crippen LogP contribution >= 0.6 is 0 Å². The Morgan fingerprint density at radius 1 is 1.39 bits per heavy atom. The van der Waals surface area contributed by atoms with Crippen molar-refractivity contribution >= 4 is 0 Å². The molecule has 2 heteroatoms. The van der Waals surface area contributed by atoms with Crippen LogP contribution in [0.5, 0.6) is 0 Å². The lowest BCUT2D eigenvalue weighted by Crippen LogP contribution is -2.40. The second kappa shape index (κ2) is 5.13. The Hall–Kier alpha value is -1.31. The van der Waals surface area contributed by atoms with Crippen LogP contribution in [0.1, 0.15) is 38.2 Å². The molecule has 3 saturated heterocycles. The summed E-state index contributed by atoms with van der Waals surface area (Å²) in [6.45, 7) is 4.92. The van der Waals surface area contributed by atoms with Gasteiger partial charge in [0.15, 0.2) is 0 Å². The number of aromatic nitrogens is 1. The minimum absolute atomic E-state index is 0.971. The molecule has 4 rings (SSSR count). The van der Waals surface area contributed by atoms with Crippen LogP contribution in [0.3, 0.4) is 0 Å². The first-order chi connectivity index (χ1) is 8.83. The van der Waals surface area contributed by atoms with Gasteiger partial charge in [0.1, 0.15) is 0 Å². The zero-order valence-corrected chi connectivity index (χ0v) is 11.2. The summed E-state index contributed by atoms with van der Waals surface area (Å²) in [5.74, 6) is 0.971. The molecule has 0 N–H and O–H groups in total. The van der Waals surface area contributed by atoms with Gasteiger partial charge in [0.2, 0.25) is 0 Å². The maximum atomic E-state index is 4.19. The van der Waals surface area contributed by atoms with Gasteiger partial charge in [-0.3, -0.25) is 4.98 Å². The van der Waals surface area contributed by atoms with Gasteiger partial charge in [-0.25, -0.2) is 0 Å². The predicted molar refractivity (Wildman–Crippen MR) is 74.2 cm³/mol. The molecule has 18 heavy (non-hydrogen) atoms. The van der Waals surface area contributed by atoms with Gasteiger partial charge in [0.25, 0.3) is 0 Å². The van der Waals surface area contributed by atoms with Gasteiger partial charge in [-0.15, -0.1) is 0 Å². The molecular weight excluding hydrogens is 220 g/mol. The summed E-state index contributed by atoms with van der Waals surface area (Å²) in [6, 6.07) is 4.21. The topological polar surface area (TPSA) is 16.1 Å². The number of nitrogens with zero attached hydrogens (tertiary/aromatic N) is 2. The van der Waals surface area contributed by atoms with Crippen LogP contribution in [0.2, 0.25) is 0 Å². The van der Waals surface area contributed by atoms with Gasteiger partial charge in [-0.1, -0.05) is 11.6 Å². The third-order valence-electron chi connectivity index (χ3n) is 4.48. The monoisotopic (exact) mass is 242 g/mol. The molecule has 0 aromatic carbocycles. The van der Waals surface area contributed by atoms with Crippen LogP contribution in [0, 0.1) is 5.92 Å². The van der Waals surface area contributed by atoms with Gasteiger partial charge in [0.05, 0.1) is 0 Å². The number of allylic oxidation sites excluding steroid dienone is 2. The number of pyridine rings is 1. The van der Waals surface area contributed by atoms with Gasteiger partial charge in [-0.2, -0.15) is 0 Å². The van der Waals surface area contributed by atoms with Crippen LogP contribution in [-0.2, 0) is 6.42 Å². The summed E-state index contributed by atoms with van der Waals surface area (Å²) in [5, 5.41) is 0. The van der Waals surface area contributed by atoms with Crippen molar-refractivity contribution in [3.8, 4) is 0 Å². The molecule has 4 heterocycles. The fraction of sp³-hybridized carbons (Fsp3) is 0.562. The average molecular weight is 242 g/mol. The Morgan fingerprint density at radius 2 is 2.22 bits per heavy atom. The molecule has 0 saturated carbocycles. The van der Waals surface area contributed by atoms with Crippen molar-refractivity contribution in [3.05, 3.63) is 41.4 Å². The minimum atomic E-state index is 0.971. The van der Waals surface area contributed by atoms with E-state index in [1.54, 1.807) is 11.3 Å². The van der Waals surface area contributed by atoms with Gasteiger partial charge in [0, 0.05) is 31.2 Å². The fourth-order valence-corrected chi connectivity index (χ4v) is 3.28. The maximum Gasteiger partial charge on any atom is 0.0299 e. The molecule has 3 aliphatic rings. The van der Waals surface area contributed by atoms with Crippen LogP contribution in [0.25, 0.3) is 0 Å². The smallest absolute Gasteiger partial charge is 0.0299 e. The van der Waals surface area contributed by atoms with E-state index in [2.05, 4.69) is 22.9 Å². The molecule has 2 bridgehead atoms. The second-order valence-electron chi connectivity index (χ2n) is 5.72. The Morgan fingerprint density at radius 3 is 2.83 bits per heavy atom. The van der Waals surface area contributed by atoms with Crippen LogP contribution in [0.15, 0.2) is 35.8 Å². The molecule has 0 radical (unpaired) electrons. The number of aryl methyl sites for hydroxylation is 1. The molecule has 2 nitrogen and oxygen atoms in total. The SMILES string of the molecule is CC(CCc1cccnc1)=C1CC2CCN1CC2. The second-order valence-corrected chi connectivity index (χ2v) is 5.72. The van der Waals surface area contributed by atoms with E-state index in [0.29, 0.717) is 0 Å². The van der Waals surface area contributed by atoms with E-state index in [1.807, 2.05) is 18.5 Å². The van der Waals surface area contributed by atoms with Gasteiger partial charge < -0.3 is 4.90 Å². The molecule has 3 aliphatic heterocycles. The Balaban J connectivity index is 1.65. The number of piperidine rings is 3. The van der Waals surface area contributed by atoms with E-state index in [1.165, 1.54) is 44.3 Å². The Labute approximate surface area is 110 Å². The van der Waals surface area contributed by atoms with Crippen molar-refractivity contribution in [1.29, 1.82) is 0 Å². The molecule has 96 valence electrons. The first-order valence-electron chi connectivity index (χ1n) is 7.15. The van der Waals surface area contributed by atoms with Crippen LogP contribution < -0.4 is 0 Å². The van der Waals surface area contributed by atoms with E-state index < -0.39 is 0 Å². The van der Waals surface area contributed by atoms with Crippen molar-refractivity contribution in [2.24, 2.45) is 5.92 Å². The molecule has 1 aromatic rings. The minimum Gasteiger partial charge on any atom is -0.375 e. The molecule has 3 fully saturated rings. The van der Waals surface area contributed by atoms with E-state index >= 15 is 0 Å². The van der Waals surface area contributed by atoms with E-state index in [9.17, 15) is 0 Å². The summed E-state index contributed by atoms with van der Waals surface area (Å²) in [4.78, 5) is 6.81. The highest BCUT2D eigenvalue weighted by molar-refractivity contribution is 5.18. The molecule has 0 amide bonds. The van der Waals surface area contributed by atoms with Crippen LogP contribution in [0.4, 0.5) is 0 Å². The highest BCUT2D eigenvalue weighted by atomic mass is 15.2. The van der Waals surface area contributed by atoms with Gasteiger partial charge >= 0.3 is 0 Å². The Bertz CT molecular complexity index is 428. The lowest BCUT2D eigenvalue weighted by Gasteiger charge is -2.43. The first kappa shape index (κ1) is 11.8. The van der Waals surface area contributed by atoms with Crippen molar-refractivity contribution in [1.82, 2.24) is 9.88 Å². The summed E-state index contributed by atoms with van der Waals surface area (Å²) in [5.41, 5.74) is 4.61. The highest BCUT2D eigenvalue weighted by Gasteiger charge is 2.29. The summed E-state index contributed by atoms with van der Waals surface area (Å²) in [7, 11) is 0. The zero-order valence-electron chi connectivity index (χ0n) is 11.2. The number of fused-ring (bicyclic) bond motifs is 3. The number of rotatable bonds is 3. The number of hydrogen-bond acceptors (Lipinski definition) is 2. The maximum absolute atomic E-state index is 4.19. The lowest BCUT2D eigenvalue weighted by molar-refractivity contribution is 0.157. The van der Waals surface area contributed by atoms with Gasteiger partial charge in [-0.05, 0) is 56.6 Å². The van der Waals surface area contributed by atoms with E-state index in [0.717, 1.165) is 12.3 Å². The summed E-state index contributed by atoms with van der Waals surface area (Å²) in [6.07, 6.45) is 10.3. The highest BCUT2D eigenvalue weighted by Crippen LogP contribution is 2.36. The standard InChI is InChI=1S/C16H22N2/c1-13(4-5-15-3-2-8-17-12-15)16-11-14-6-9-18(16)10-7-14/h2-3,8,12,14H,4-7,9-11H2,1H3. The average Bonchev–Trinajstić information content (AvgIpc) is 2.47.